The molecule has 0 unspecified atom stereocenters. The third kappa shape index (κ3) is 0.994. The van der Waals surface area contributed by atoms with Crippen molar-refractivity contribution < 1.29 is 0 Å². The lowest BCUT2D eigenvalue weighted by Gasteiger charge is -1.91. The Morgan fingerprint density at radius 2 is 2.17 bits per heavy atom. The first-order chi connectivity index (χ1) is 5.68. The number of benzene rings is 1. The summed E-state index contributed by atoms with van der Waals surface area (Å²) in [5.74, 6) is 0. The predicted octanol–water partition coefficient (Wildman–Crippen LogP) is 2.54. The van der Waals surface area contributed by atoms with Gasteiger partial charge in [0.15, 0.2) is 0 Å². The van der Waals surface area contributed by atoms with Gasteiger partial charge in [0, 0.05) is 23.2 Å². The summed E-state index contributed by atoms with van der Waals surface area (Å²) in [6, 6.07) is 5.77. The normalized spacial score (nSPS) is 10.9. The van der Waals surface area contributed by atoms with Gasteiger partial charge in [0.2, 0.25) is 0 Å². The zero-order valence-electron chi connectivity index (χ0n) is 7.00. The molecule has 0 N–H and O–H groups in total. The monoisotopic (exact) mass is 180 g/mol. The van der Waals surface area contributed by atoms with Gasteiger partial charge in [-0.3, -0.25) is 4.68 Å². The quantitative estimate of drug-likeness (QED) is 0.609. The molecule has 0 aliphatic heterocycles. The lowest BCUT2D eigenvalue weighted by molar-refractivity contribution is 0.751. The van der Waals surface area contributed by atoms with Gasteiger partial charge in [-0.15, -0.1) is 0 Å². The van der Waals surface area contributed by atoms with E-state index >= 15 is 0 Å². The van der Waals surface area contributed by atoms with E-state index in [2.05, 4.69) is 5.10 Å². The molecule has 0 aliphatic rings. The second kappa shape index (κ2) is 2.49. The SMILES string of the molecule is Cc1c2ccc(Cl)cc2nn1C. The van der Waals surface area contributed by atoms with Crippen LogP contribution in [0, 0.1) is 6.92 Å². The zero-order valence-corrected chi connectivity index (χ0v) is 7.76. The Balaban J connectivity index is 2.87. The molecule has 1 aromatic heterocycles. The Labute approximate surface area is 75.8 Å². The minimum absolute atomic E-state index is 0.737. The number of hydrogen-bond acceptors (Lipinski definition) is 1. The maximum absolute atomic E-state index is 5.83. The van der Waals surface area contributed by atoms with E-state index < -0.39 is 0 Å². The van der Waals surface area contributed by atoms with E-state index in [1.807, 2.05) is 36.9 Å². The van der Waals surface area contributed by atoms with Crippen LogP contribution < -0.4 is 0 Å². The number of fused-ring (bicyclic) bond motifs is 1. The highest BCUT2D eigenvalue weighted by atomic mass is 35.5. The molecule has 1 heterocycles. The van der Waals surface area contributed by atoms with Gasteiger partial charge in [0.1, 0.15) is 0 Å². The van der Waals surface area contributed by atoms with Crippen LogP contribution in [0.1, 0.15) is 5.69 Å². The maximum Gasteiger partial charge on any atom is 0.0940 e. The van der Waals surface area contributed by atoms with Crippen LogP contribution in [0.4, 0.5) is 0 Å². The van der Waals surface area contributed by atoms with Crippen molar-refractivity contribution in [2.45, 2.75) is 6.92 Å². The van der Waals surface area contributed by atoms with Crippen LogP contribution in [-0.4, -0.2) is 9.78 Å². The topological polar surface area (TPSA) is 17.8 Å². The van der Waals surface area contributed by atoms with Crippen molar-refractivity contribution in [3.8, 4) is 0 Å². The number of halogens is 1. The molecule has 0 bridgehead atoms. The van der Waals surface area contributed by atoms with Gasteiger partial charge in [-0.05, 0) is 25.1 Å². The van der Waals surface area contributed by atoms with Crippen molar-refractivity contribution in [1.82, 2.24) is 9.78 Å². The molecule has 0 fully saturated rings. The minimum Gasteiger partial charge on any atom is -0.272 e. The summed E-state index contributed by atoms with van der Waals surface area (Å²) < 4.78 is 1.86. The molecule has 3 heteroatoms. The summed E-state index contributed by atoms with van der Waals surface area (Å²) in [4.78, 5) is 0. The fourth-order valence-electron chi connectivity index (χ4n) is 1.30. The number of aryl methyl sites for hydroxylation is 2. The molecule has 2 aromatic rings. The average Bonchev–Trinajstić information content (AvgIpc) is 2.28. The molecule has 2 rings (SSSR count). The molecule has 0 aliphatic carbocycles. The Morgan fingerprint density at radius 3 is 2.92 bits per heavy atom. The van der Waals surface area contributed by atoms with Gasteiger partial charge in [-0.25, -0.2) is 0 Å². The van der Waals surface area contributed by atoms with E-state index in [1.54, 1.807) is 0 Å². The van der Waals surface area contributed by atoms with E-state index in [1.165, 1.54) is 11.1 Å². The molecule has 2 nitrogen and oxygen atoms in total. The van der Waals surface area contributed by atoms with E-state index in [0.717, 1.165) is 10.5 Å². The molecule has 0 spiro atoms. The third-order valence-corrected chi connectivity index (χ3v) is 2.33. The van der Waals surface area contributed by atoms with Crippen molar-refractivity contribution in [1.29, 1.82) is 0 Å². The van der Waals surface area contributed by atoms with Crippen LogP contribution in [-0.2, 0) is 7.05 Å². The maximum atomic E-state index is 5.83. The van der Waals surface area contributed by atoms with Crippen LogP contribution in [0.5, 0.6) is 0 Å². The fraction of sp³-hybridized carbons (Fsp3) is 0.222. The molecule has 1 aromatic carbocycles. The highest BCUT2D eigenvalue weighted by Gasteiger charge is 2.03. The van der Waals surface area contributed by atoms with Crippen molar-refractivity contribution in [2.75, 3.05) is 0 Å². The Bertz CT molecular complexity index is 431. The number of hydrogen-bond donors (Lipinski definition) is 0. The number of nitrogens with zero attached hydrogens (tertiary/aromatic N) is 2. The highest BCUT2D eigenvalue weighted by Crippen LogP contribution is 2.20. The molecule has 0 saturated heterocycles. The van der Waals surface area contributed by atoms with Crippen molar-refractivity contribution in [2.24, 2.45) is 7.05 Å². The van der Waals surface area contributed by atoms with Crippen LogP contribution in [0.3, 0.4) is 0 Å². The Morgan fingerprint density at radius 1 is 1.42 bits per heavy atom. The molecular formula is C9H9ClN2. The van der Waals surface area contributed by atoms with Crippen molar-refractivity contribution in [3.05, 3.63) is 28.9 Å². The first kappa shape index (κ1) is 7.62. The molecule has 0 radical (unpaired) electrons. The van der Waals surface area contributed by atoms with Gasteiger partial charge < -0.3 is 0 Å². The Hall–Kier alpha value is -1.02. The molecule has 0 amide bonds. The summed E-state index contributed by atoms with van der Waals surface area (Å²) in [6.45, 7) is 2.04. The standard InChI is InChI=1S/C9H9ClN2/c1-6-8-4-3-7(10)5-9(8)11-12(6)2/h3-5H,1-2H3. The van der Waals surface area contributed by atoms with Gasteiger partial charge in [0.05, 0.1) is 5.52 Å². The average molecular weight is 181 g/mol. The van der Waals surface area contributed by atoms with Crippen molar-refractivity contribution in [3.63, 3.8) is 0 Å². The molecule has 62 valence electrons. The van der Waals surface area contributed by atoms with E-state index in [4.69, 9.17) is 11.6 Å². The molecule has 12 heavy (non-hydrogen) atoms. The summed E-state index contributed by atoms with van der Waals surface area (Å²) in [5.41, 5.74) is 2.13. The second-order valence-electron chi connectivity index (χ2n) is 2.87. The van der Waals surface area contributed by atoms with E-state index in [9.17, 15) is 0 Å². The number of rotatable bonds is 0. The summed E-state index contributed by atoms with van der Waals surface area (Å²) in [7, 11) is 1.93. The van der Waals surface area contributed by atoms with Crippen molar-refractivity contribution >= 4 is 22.5 Å². The number of aromatic nitrogens is 2. The van der Waals surface area contributed by atoms with Gasteiger partial charge in [-0.1, -0.05) is 11.6 Å². The van der Waals surface area contributed by atoms with Crippen LogP contribution >= 0.6 is 11.6 Å². The molecular weight excluding hydrogens is 172 g/mol. The predicted molar refractivity (Wildman–Crippen MR) is 50.5 cm³/mol. The van der Waals surface area contributed by atoms with E-state index in [0.29, 0.717) is 0 Å². The highest BCUT2D eigenvalue weighted by molar-refractivity contribution is 6.31. The third-order valence-electron chi connectivity index (χ3n) is 2.09. The zero-order chi connectivity index (χ0) is 8.72. The van der Waals surface area contributed by atoms with Crippen LogP contribution in [0.2, 0.25) is 5.02 Å². The summed E-state index contributed by atoms with van der Waals surface area (Å²) in [6.07, 6.45) is 0. The lowest BCUT2D eigenvalue weighted by atomic mass is 10.2. The van der Waals surface area contributed by atoms with Gasteiger partial charge in [-0.2, -0.15) is 5.10 Å². The lowest BCUT2D eigenvalue weighted by Crippen LogP contribution is -1.91. The summed E-state index contributed by atoms with van der Waals surface area (Å²) >= 11 is 5.83. The largest absolute Gasteiger partial charge is 0.272 e. The van der Waals surface area contributed by atoms with Gasteiger partial charge in [0.25, 0.3) is 0 Å². The second-order valence-corrected chi connectivity index (χ2v) is 3.31. The van der Waals surface area contributed by atoms with Gasteiger partial charge >= 0.3 is 0 Å². The Kier molecular flexibility index (Phi) is 1.58. The van der Waals surface area contributed by atoms with Crippen LogP contribution in [0.25, 0.3) is 10.9 Å². The van der Waals surface area contributed by atoms with Crippen LogP contribution in [0.15, 0.2) is 18.2 Å². The smallest absolute Gasteiger partial charge is 0.0940 e. The van der Waals surface area contributed by atoms with E-state index in [-0.39, 0.29) is 0 Å². The molecule has 0 atom stereocenters. The minimum atomic E-state index is 0.737. The summed E-state index contributed by atoms with van der Waals surface area (Å²) in [5, 5.41) is 6.21. The first-order valence-electron chi connectivity index (χ1n) is 3.77. The first-order valence-corrected chi connectivity index (χ1v) is 4.15. The molecule has 0 saturated carbocycles. The fourth-order valence-corrected chi connectivity index (χ4v) is 1.47.